The van der Waals surface area contributed by atoms with Gasteiger partial charge in [0.1, 0.15) is 17.3 Å². The Kier molecular flexibility index (Phi) is 4.24. The van der Waals surface area contributed by atoms with Crippen molar-refractivity contribution in [2.75, 3.05) is 31.1 Å². The molecule has 2 aliphatic rings. The van der Waals surface area contributed by atoms with Gasteiger partial charge in [-0.25, -0.2) is 0 Å². The molecule has 1 aromatic carbocycles. The van der Waals surface area contributed by atoms with Crippen LogP contribution in [0.25, 0.3) is 10.9 Å². The molecule has 2 aromatic rings. The van der Waals surface area contributed by atoms with Gasteiger partial charge in [0.05, 0.1) is 11.2 Å². The van der Waals surface area contributed by atoms with Crippen LogP contribution in [0.2, 0.25) is 0 Å². The van der Waals surface area contributed by atoms with E-state index in [1.807, 2.05) is 35.2 Å². The Morgan fingerprint density at radius 2 is 1.93 bits per heavy atom. The van der Waals surface area contributed by atoms with E-state index in [1.54, 1.807) is 18.2 Å². The highest BCUT2D eigenvalue weighted by molar-refractivity contribution is 5.97. The molecule has 0 bridgehead atoms. The number of amides is 1. The van der Waals surface area contributed by atoms with Gasteiger partial charge in [0.25, 0.3) is 11.5 Å². The quantitative estimate of drug-likeness (QED) is 0.810. The van der Waals surface area contributed by atoms with Crippen molar-refractivity contribution >= 4 is 28.7 Å². The Morgan fingerprint density at radius 3 is 2.59 bits per heavy atom. The zero-order chi connectivity index (χ0) is 19.0. The summed E-state index contributed by atoms with van der Waals surface area (Å²) in [4.78, 5) is 33.1. The number of aromatic nitrogens is 1. The fraction of sp³-hybridized carbons (Fsp3) is 0.300. The first-order valence-electron chi connectivity index (χ1n) is 8.90. The van der Waals surface area contributed by atoms with Crippen molar-refractivity contribution in [2.45, 2.75) is 6.42 Å². The summed E-state index contributed by atoms with van der Waals surface area (Å²) in [5.74, 6) is -0.0576. The Labute approximate surface area is 156 Å². The van der Waals surface area contributed by atoms with Crippen LogP contribution in [0.5, 0.6) is 0 Å². The van der Waals surface area contributed by atoms with Crippen molar-refractivity contribution in [2.24, 2.45) is 12.0 Å². The number of aliphatic imine (C=N–C) groups is 1. The van der Waals surface area contributed by atoms with Crippen LogP contribution in [-0.4, -0.2) is 47.8 Å². The Balaban J connectivity index is 1.67. The molecule has 1 aromatic heterocycles. The molecule has 0 radical (unpaired) electrons. The second-order valence-corrected chi connectivity index (χ2v) is 6.63. The number of anilines is 1. The number of piperazine rings is 1. The van der Waals surface area contributed by atoms with Gasteiger partial charge in [0.15, 0.2) is 0 Å². The van der Waals surface area contributed by atoms with Gasteiger partial charge in [-0.15, -0.1) is 0 Å². The lowest BCUT2D eigenvalue weighted by molar-refractivity contribution is -0.127. The minimum Gasteiger partial charge on any atom is -0.366 e. The summed E-state index contributed by atoms with van der Waals surface area (Å²) in [5, 5.41) is 10.5. The van der Waals surface area contributed by atoms with Gasteiger partial charge >= 0.3 is 0 Å². The molecule has 0 unspecified atom stereocenters. The number of pyridine rings is 1. The fourth-order valence-electron chi connectivity index (χ4n) is 3.71. The zero-order valence-electron chi connectivity index (χ0n) is 15.1. The summed E-state index contributed by atoms with van der Waals surface area (Å²) in [6, 6.07) is 9.68. The molecule has 0 spiro atoms. The van der Waals surface area contributed by atoms with E-state index in [9.17, 15) is 14.9 Å². The predicted molar refractivity (Wildman–Crippen MR) is 104 cm³/mol. The second-order valence-electron chi connectivity index (χ2n) is 6.63. The van der Waals surface area contributed by atoms with Crippen LogP contribution in [0.3, 0.4) is 0 Å². The highest BCUT2D eigenvalue weighted by Gasteiger charge is 2.27. The topological polar surface area (TPSA) is 81.7 Å². The first kappa shape index (κ1) is 17.0. The molecular formula is C20H19N5O2. The summed E-state index contributed by atoms with van der Waals surface area (Å²) in [7, 11) is 1.68. The van der Waals surface area contributed by atoms with Crippen LogP contribution in [0.1, 0.15) is 12.0 Å². The SMILES string of the molecule is Cn1c(=O)c(C#N)c(N2CCN(C(=O)C3=CCC=N3)CC2)c2ccccc21. The number of rotatable bonds is 2. The molecule has 0 aliphatic carbocycles. The molecule has 0 atom stereocenters. The van der Waals surface area contributed by atoms with Crippen LogP contribution in [0, 0.1) is 11.3 Å². The highest BCUT2D eigenvalue weighted by Crippen LogP contribution is 2.29. The Bertz CT molecular complexity index is 1080. The first-order chi connectivity index (χ1) is 13.1. The Morgan fingerprint density at radius 1 is 1.19 bits per heavy atom. The van der Waals surface area contributed by atoms with Crippen molar-refractivity contribution in [1.82, 2.24) is 9.47 Å². The number of fused-ring (bicyclic) bond motifs is 1. The number of nitriles is 1. The maximum Gasteiger partial charge on any atom is 0.272 e. The van der Waals surface area contributed by atoms with Gasteiger partial charge in [-0.05, 0) is 12.1 Å². The molecular weight excluding hydrogens is 342 g/mol. The lowest BCUT2D eigenvalue weighted by Crippen LogP contribution is -2.49. The van der Waals surface area contributed by atoms with E-state index in [0.717, 1.165) is 10.9 Å². The molecule has 3 heterocycles. The third-order valence-electron chi connectivity index (χ3n) is 5.14. The number of allylic oxidation sites excluding steroid dienone is 1. The van der Waals surface area contributed by atoms with Crippen LogP contribution < -0.4 is 10.5 Å². The van der Waals surface area contributed by atoms with Gasteiger partial charge in [-0.1, -0.05) is 18.2 Å². The average molecular weight is 361 g/mol. The largest absolute Gasteiger partial charge is 0.366 e. The summed E-state index contributed by atoms with van der Waals surface area (Å²) in [5.41, 5.74) is 1.82. The molecule has 1 saturated heterocycles. The average Bonchev–Trinajstić information content (AvgIpc) is 3.25. The molecule has 1 fully saturated rings. The molecule has 2 aliphatic heterocycles. The highest BCUT2D eigenvalue weighted by atomic mass is 16.2. The summed E-state index contributed by atoms with van der Waals surface area (Å²) in [6.45, 7) is 2.18. The van der Waals surface area contributed by atoms with E-state index < -0.39 is 0 Å². The van der Waals surface area contributed by atoms with E-state index in [1.165, 1.54) is 4.57 Å². The number of carbonyl (C=O) groups is 1. The van der Waals surface area contributed by atoms with E-state index in [2.05, 4.69) is 11.1 Å². The zero-order valence-corrected chi connectivity index (χ0v) is 15.1. The lowest BCUT2D eigenvalue weighted by Gasteiger charge is -2.37. The van der Waals surface area contributed by atoms with Crippen LogP contribution in [0.4, 0.5) is 5.69 Å². The van der Waals surface area contributed by atoms with E-state index in [-0.39, 0.29) is 17.0 Å². The number of nitrogens with zero attached hydrogens (tertiary/aromatic N) is 5. The normalized spacial score (nSPS) is 16.5. The Hall–Kier alpha value is -3.40. The van der Waals surface area contributed by atoms with Crippen molar-refractivity contribution < 1.29 is 4.79 Å². The van der Waals surface area contributed by atoms with Crippen LogP contribution >= 0.6 is 0 Å². The smallest absolute Gasteiger partial charge is 0.272 e. The molecule has 0 N–H and O–H groups in total. The van der Waals surface area contributed by atoms with Crippen LogP contribution in [-0.2, 0) is 11.8 Å². The van der Waals surface area contributed by atoms with Crippen molar-refractivity contribution in [1.29, 1.82) is 5.26 Å². The minimum atomic E-state index is -0.296. The lowest BCUT2D eigenvalue weighted by atomic mass is 10.1. The fourth-order valence-corrected chi connectivity index (χ4v) is 3.71. The van der Waals surface area contributed by atoms with Gasteiger partial charge in [-0.2, -0.15) is 5.26 Å². The number of hydrogen-bond acceptors (Lipinski definition) is 5. The van der Waals surface area contributed by atoms with E-state index >= 15 is 0 Å². The maximum absolute atomic E-state index is 12.6. The van der Waals surface area contributed by atoms with Crippen LogP contribution in [0.15, 0.2) is 45.8 Å². The van der Waals surface area contributed by atoms with Gasteiger partial charge < -0.3 is 14.4 Å². The third kappa shape index (κ3) is 2.79. The molecule has 7 nitrogen and oxygen atoms in total. The number of para-hydroxylation sites is 1. The standard InChI is InChI=1S/C20H19N5O2/c1-23-17-7-3-2-5-14(17)18(15(13-21)19(23)26)24-9-11-25(12-10-24)20(27)16-6-4-8-22-16/h2-3,5-8H,4,9-12H2,1H3. The molecule has 7 heteroatoms. The molecule has 1 amide bonds. The second kappa shape index (κ2) is 6.72. The van der Waals surface area contributed by atoms with Gasteiger partial charge in [0, 0.05) is 51.2 Å². The number of benzene rings is 1. The van der Waals surface area contributed by atoms with Crippen molar-refractivity contribution in [3.63, 3.8) is 0 Å². The van der Waals surface area contributed by atoms with Crippen molar-refractivity contribution in [3.8, 4) is 6.07 Å². The van der Waals surface area contributed by atoms with E-state index in [0.29, 0.717) is 44.0 Å². The number of hydrogen-bond donors (Lipinski definition) is 0. The van der Waals surface area contributed by atoms with Gasteiger partial charge in [-0.3, -0.25) is 14.6 Å². The monoisotopic (exact) mass is 361 g/mol. The number of aryl methyl sites for hydroxylation is 1. The van der Waals surface area contributed by atoms with Crippen molar-refractivity contribution in [3.05, 3.63) is 52.0 Å². The first-order valence-corrected chi connectivity index (χ1v) is 8.90. The molecule has 4 rings (SSSR count). The summed E-state index contributed by atoms with van der Waals surface area (Å²) >= 11 is 0. The van der Waals surface area contributed by atoms with Gasteiger partial charge in [0.2, 0.25) is 0 Å². The summed E-state index contributed by atoms with van der Waals surface area (Å²) in [6.07, 6.45) is 4.26. The minimum absolute atomic E-state index is 0.0576. The number of carbonyl (C=O) groups excluding carboxylic acids is 1. The summed E-state index contributed by atoms with van der Waals surface area (Å²) < 4.78 is 1.52. The maximum atomic E-state index is 12.6. The third-order valence-corrected chi connectivity index (χ3v) is 5.14. The van der Waals surface area contributed by atoms with E-state index in [4.69, 9.17) is 0 Å². The predicted octanol–water partition coefficient (Wildman–Crippen LogP) is 1.42. The molecule has 0 saturated carbocycles. The molecule has 136 valence electrons. The molecule has 27 heavy (non-hydrogen) atoms.